The highest BCUT2D eigenvalue weighted by Crippen LogP contribution is 2.35. The molecule has 1 fully saturated rings. The first-order valence-electron chi connectivity index (χ1n) is 9.79. The van der Waals surface area contributed by atoms with Crippen LogP contribution in [0.25, 0.3) is 0 Å². The van der Waals surface area contributed by atoms with Crippen LogP contribution in [0, 0.1) is 18.6 Å². The van der Waals surface area contributed by atoms with Gasteiger partial charge in [-0.05, 0) is 13.8 Å². The van der Waals surface area contributed by atoms with E-state index in [4.69, 9.17) is 4.74 Å². The van der Waals surface area contributed by atoms with Crippen molar-refractivity contribution in [3.8, 4) is 11.5 Å². The van der Waals surface area contributed by atoms with E-state index >= 15 is 0 Å². The second-order valence-electron chi connectivity index (χ2n) is 7.74. The molecule has 2 aromatic rings. The molecule has 0 bridgehead atoms. The zero-order valence-corrected chi connectivity index (χ0v) is 17.2. The Bertz CT molecular complexity index is 931. The van der Waals surface area contributed by atoms with Crippen LogP contribution in [0.2, 0.25) is 0 Å². The van der Waals surface area contributed by atoms with Crippen molar-refractivity contribution in [1.29, 1.82) is 0 Å². The van der Waals surface area contributed by atoms with Crippen molar-refractivity contribution in [2.24, 2.45) is 0 Å². The van der Waals surface area contributed by atoms with Crippen LogP contribution in [-0.4, -0.2) is 53.6 Å². The number of methoxy groups -OCH3 is 1. The fourth-order valence-electron chi connectivity index (χ4n) is 3.67. The number of nitrogens with zero attached hydrogens (tertiary/aromatic N) is 3. The van der Waals surface area contributed by atoms with Gasteiger partial charge in [-0.1, -0.05) is 0 Å². The van der Waals surface area contributed by atoms with Crippen molar-refractivity contribution in [2.75, 3.05) is 29.7 Å². The zero-order chi connectivity index (χ0) is 21.6. The number of aliphatic hydroxyl groups excluding tert-OH is 1. The number of ether oxygens (including phenoxy) is 2. The normalized spacial score (nSPS) is 25.1. The Labute approximate surface area is 173 Å². The van der Waals surface area contributed by atoms with Crippen LogP contribution in [0.4, 0.5) is 26.2 Å². The molecule has 10 heteroatoms. The van der Waals surface area contributed by atoms with E-state index < -0.39 is 23.6 Å². The summed E-state index contributed by atoms with van der Waals surface area (Å²) in [5.74, 6) is -0.660. The molecule has 8 nitrogen and oxygen atoms in total. The molecule has 1 aromatic heterocycles. The third kappa shape index (κ3) is 3.67. The fourth-order valence-corrected chi connectivity index (χ4v) is 3.67. The number of halogens is 2. The van der Waals surface area contributed by atoms with Crippen molar-refractivity contribution in [3.63, 3.8) is 0 Å². The van der Waals surface area contributed by atoms with Gasteiger partial charge in [-0.15, -0.1) is 0 Å². The van der Waals surface area contributed by atoms with Gasteiger partial charge in [0.1, 0.15) is 23.8 Å². The number of hydrogen-bond acceptors (Lipinski definition) is 8. The zero-order valence-electron chi connectivity index (χ0n) is 17.2. The van der Waals surface area contributed by atoms with Gasteiger partial charge in [0.05, 0.1) is 18.8 Å². The standard InChI is InChI=1S/C20H25F2N5O3/c1-9-16-18(27(3)10(2)19(28)25-16)26-20(23-9)24-11-5-12(6-11)30-13-7-14(21)17(29-4)15(22)8-13/h7-8,10-12,19,25,28H,5-6H2,1-4H3,(H,23,24,26)/t10-,11-,12+,19?/m0/s1. The first kappa shape index (κ1) is 20.4. The molecule has 0 saturated heterocycles. The summed E-state index contributed by atoms with van der Waals surface area (Å²) in [6.07, 6.45) is 0.448. The summed E-state index contributed by atoms with van der Waals surface area (Å²) in [5, 5.41) is 16.4. The fraction of sp³-hybridized carbons (Fsp3) is 0.500. The molecule has 30 heavy (non-hydrogen) atoms. The molecular weight excluding hydrogens is 396 g/mol. The van der Waals surface area contributed by atoms with Crippen molar-refractivity contribution >= 4 is 17.5 Å². The summed E-state index contributed by atoms with van der Waals surface area (Å²) in [6.45, 7) is 3.76. The van der Waals surface area contributed by atoms with E-state index in [0.29, 0.717) is 24.5 Å². The Morgan fingerprint density at radius 1 is 1.23 bits per heavy atom. The number of nitrogens with one attached hydrogen (secondary N) is 2. The molecule has 1 aromatic carbocycles. The molecule has 2 heterocycles. The highest BCUT2D eigenvalue weighted by Gasteiger charge is 2.34. The van der Waals surface area contributed by atoms with Crippen LogP contribution in [-0.2, 0) is 0 Å². The van der Waals surface area contributed by atoms with Crippen molar-refractivity contribution < 1.29 is 23.4 Å². The minimum Gasteiger partial charge on any atom is -0.491 e. The van der Waals surface area contributed by atoms with Gasteiger partial charge in [-0.25, -0.2) is 13.8 Å². The summed E-state index contributed by atoms with van der Waals surface area (Å²) in [6, 6.07) is 2.20. The molecule has 0 amide bonds. The number of hydrogen-bond donors (Lipinski definition) is 3. The van der Waals surface area contributed by atoms with Gasteiger partial charge in [0.15, 0.2) is 23.2 Å². The van der Waals surface area contributed by atoms with Crippen LogP contribution in [0.3, 0.4) is 0 Å². The Morgan fingerprint density at radius 3 is 2.53 bits per heavy atom. The van der Waals surface area contributed by atoms with Gasteiger partial charge in [0.25, 0.3) is 0 Å². The number of anilines is 3. The summed E-state index contributed by atoms with van der Waals surface area (Å²) in [4.78, 5) is 11.0. The molecule has 1 saturated carbocycles. The first-order valence-corrected chi connectivity index (χ1v) is 9.79. The average Bonchev–Trinajstić information content (AvgIpc) is 2.65. The number of aryl methyl sites for hydroxylation is 1. The number of likely N-dealkylation sites (N-methyl/N-ethyl adjacent to an activating group) is 1. The number of aliphatic hydroxyl groups is 1. The maximum absolute atomic E-state index is 13.8. The summed E-state index contributed by atoms with van der Waals surface area (Å²) in [5.41, 5.74) is 1.45. The van der Waals surface area contributed by atoms with Crippen LogP contribution in [0.1, 0.15) is 25.5 Å². The van der Waals surface area contributed by atoms with E-state index in [1.807, 2.05) is 25.8 Å². The Hall–Kier alpha value is -2.88. The predicted molar refractivity (Wildman–Crippen MR) is 108 cm³/mol. The largest absolute Gasteiger partial charge is 0.491 e. The molecule has 1 aliphatic heterocycles. The number of rotatable bonds is 5. The van der Waals surface area contributed by atoms with Crippen LogP contribution in [0.15, 0.2) is 12.1 Å². The van der Waals surface area contributed by atoms with Gasteiger partial charge in [-0.2, -0.15) is 4.98 Å². The third-order valence-electron chi connectivity index (χ3n) is 5.67. The van der Waals surface area contributed by atoms with Gasteiger partial charge in [0, 0.05) is 38.1 Å². The van der Waals surface area contributed by atoms with Crippen LogP contribution < -0.4 is 25.0 Å². The molecule has 0 radical (unpaired) electrons. The molecule has 1 aliphatic carbocycles. The SMILES string of the molecule is COc1c(F)cc(O[C@H]2C[C@@H](Nc3nc(C)c4c(n3)N(C)[C@@H](C)C(O)N4)C2)cc1F. The van der Waals surface area contributed by atoms with E-state index in [1.54, 1.807) is 0 Å². The van der Waals surface area contributed by atoms with E-state index in [2.05, 4.69) is 25.3 Å². The number of benzene rings is 1. The van der Waals surface area contributed by atoms with Crippen LogP contribution >= 0.6 is 0 Å². The average molecular weight is 421 g/mol. The quantitative estimate of drug-likeness (QED) is 0.679. The summed E-state index contributed by atoms with van der Waals surface area (Å²) in [7, 11) is 3.09. The lowest BCUT2D eigenvalue weighted by Gasteiger charge is -2.39. The molecule has 3 N–H and O–H groups in total. The second kappa shape index (κ2) is 7.75. The minimum absolute atomic E-state index is 0.0882. The molecular formula is C20H25F2N5O3. The maximum Gasteiger partial charge on any atom is 0.225 e. The Kier molecular flexibility index (Phi) is 5.27. The van der Waals surface area contributed by atoms with Gasteiger partial charge >= 0.3 is 0 Å². The first-order chi connectivity index (χ1) is 14.3. The van der Waals surface area contributed by atoms with E-state index in [-0.39, 0.29) is 23.9 Å². The highest BCUT2D eigenvalue weighted by atomic mass is 19.1. The van der Waals surface area contributed by atoms with E-state index in [0.717, 1.165) is 23.6 Å². The predicted octanol–water partition coefficient (Wildman–Crippen LogP) is 2.66. The molecule has 2 atom stereocenters. The van der Waals surface area contributed by atoms with Gasteiger partial charge in [-0.3, -0.25) is 0 Å². The second-order valence-corrected chi connectivity index (χ2v) is 7.74. The lowest BCUT2D eigenvalue weighted by Crippen LogP contribution is -2.48. The maximum atomic E-state index is 13.8. The third-order valence-corrected chi connectivity index (χ3v) is 5.67. The monoisotopic (exact) mass is 421 g/mol. The molecule has 0 spiro atoms. The van der Waals surface area contributed by atoms with E-state index in [9.17, 15) is 13.9 Å². The summed E-state index contributed by atoms with van der Waals surface area (Å²) < 4.78 is 38.0. The van der Waals surface area contributed by atoms with Crippen molar-refractivity contribution in [3.05, 3.63) is 29.5 Å². The summed E-state index contributed by atoms with van der Waals surface area (Å²) >= 11 is 0. The molecule has 4 rings (SSSR count). The van der Waals surface area contributed by atoms with Gasteiger partial charge in [0.2, 0.25) is 5.95 Å². The Balaban J connectivity index is 1.38. The topological polar surface area (TPSA) is 91.8 Å². The minimum atomic E-state index is -0.795. The van der Waals surface area contributed by atoms with E-state index in [1.165, 1.54) is 7.11 Å². The Morgan fingerprint density at radius 2 is 1.90 bits per heavy atom. The smallest absolute Gasteiger partial charge is 0.225 e. The lowest BCUT2D eigenvalue weighted by atomic mass is 9.89. The van der Waals surface area contributed by atoms with Crippen molar-refractivity contribution in [1.82, 2.24) is 9.97 Å². The number of aromatic nitrogens is 2. The van der Waals surface area contributed by atoms with Gasteiger partial charge < -0.3 is 30.1 Å². The van der Waals surface area contributed by atoms with Crippen molar-refractivity contribution in [2.45, 2.75) is 51.1 Å². The molecule has 162 valence electrons. The lowest BCUT2D eigenvalue weighted by molar-refractivity contribution is 0.107. The molecule has 2 aliphatic rings. The highest BCUT2D eigenvalue weighted by molar-refractivity contribution is 5.72. The van der Waals surface area contributed by atoms with Crippen LogP contribution in [0.5, 0.6) is 11.5 Å². The number of fused-ring (bicyclic) bond motifs is 1. The molecule has 1 unspecified atom stereocenters.